The summed E-state index contributed by atoms with van der Waals surface area (Å²) in [4.78, 5) is 20.6. The van der Waals surface area contributed by atoms with Crippen LogP contribution in [0.15, 0.2) is 30.5 Å². The Morgan fingerprint density at radius 3 is 2.40 bits per heavy atom. The van der Waals surface area contributed by atoms with E-state index in [-0.39, 0.29) is 17.1 Å². The zero-order valence-corrected chi connectivity index (χ0v) is 20.3. The van der Waals surface area contributed by atoms with E-state index in [1.165, 1.54) is 24.3 Å². The molecule has 1 aliphatic heterocycles. The van der Waals surface area contributed by atoms with Gasteiger partial charge in [-0.15, -0.1) is 13.2 Å². The number of rotatable bonds is 8. The quantitative estimate of drug-likeness (QED) is 0.429. The van der Waals surface area contributed by atoms with Crippen LogP contribution in [0, 0.1) is 5.82 Å². The summed E-state index contributed by atoms with van der Waals surface area (Å²) >= 11 is 0. The van der Waals surface area contributed by atoms with Crippen molar-refractivity contribution in [3.63, 3.8) is 0 Å². The summed E-state index contributed by atoms with van der Waals surface area (Å²) in [6.07, 6.45) is -3.14. The molecule has 1 saturated heterocycles. The number of piperazine rings is 1. The molecule has 2 heterocycles. The molecule has 3 rings (SSSR count). The first-order valence-corrected chi connectivity index (χ1v) is 13.0. The van der Waals surface area contributed by atoms with E-state index in [4.69, 9.17) is 0 Å². The highest BCUT2D eigenvalue weighted by molar-refractivity contribution is 7.99. The SMILES string of the molecule is C=S(=O)(CC)NC(=O)c1cc(CC)c(CN2CCN(c3ccc(OC(F)(F)F)cn3)CC2)cc1F. The number of carbonyl (C=O) groups is 1. The summed E-state index contributed by atoms with van der Waals surface area (Å²) in [7, 11) is -2.82. The van der Waals surface area contributed by atoms with Crippen LogP contribution in [-0.4, -0.2) is 64.2 Å². The second kappa shape index (κ2) is 10.8. The summed E-state index contributed by atoms with van der Waals surface area (Å²) < 4.78 is 70.0. The van der Waals surface area contributed by atoms with E-state index in [1.807, 2.05) is 11.8 Å². The third-order valence-corrected chi connectivity index (χ3v) is 7.19. The summed E-state index contributed by atoms with van der Waals surface area (Å²) in [5.41, 5.74) is 1.41. The van der Waals surface area contributed by atoms with Crippen molar-refractivity contribution < 1.29 is 31.3 Å². The monoisotopic (exact) mass is 516 g/mol. The van der Waals surface area contributed by atoms with E-state index < -0.39 is 27.8 Å². The molecule has 1 aromatic carbocycles. The van der Waals surface area contributed by atoms with Crippen LogP contribution in [0.4, 0.5) is 23.4 Å². The van der Waals surface area contributed by atoms with Crippen molar-refractivity contribution in [2.24, 2.45) is 0 Å². The number of amides is 1. The fourth-order valence-electron chi connectivity index (χ4n) is 3.74. The Balaban J connectivity index is 1.63. The van der Waals surface area contributed by atoms with Crippen molar-refractivity contribution in [3.05, 3.63) is 53.0 Å². The van der Waals surface area contributed by atoms with Gasteiger partial charge >= 0.3 is 6.36 Å². The number of hydrogen-bond acceptors (Lipinski definition) is 6. The lowest BCUT2D eigenvalue weighted by Gasteiger charge is -2.35. The average Bonchev–Trinajstić information content (AvgIpc) is 2.79. The minimum atomic E-state index is -4.77. The molecule has 12 heteroatoms. The van der Waals surface area contributed by atoms with Gasteiger partial charge in [0.1, 0.15) is 17.4 Å². The minimum Gasteiger partial charge on any atom is -0.404 e. The maximum atomic E-state index is 14.8. The Morgan fingerprint density at radius 1 is 1.17 bits per heavy atom. The molecule has 35 heavy (non-hydrogen) atoms. The second-order valence-electron chi connectivity index (χ2n) is 8.15. The molecule has 1 atom stereocenters. The average molecular weight is 517 g/mol. The Labute approximate surface area is 202 Å². The lowest BCUT2D eigenvalue weighted by Crippen LogP contribution is -2.46. The molecule has 0 radical (unpaired) electrons. The fourth-order valence-corrected chi connectivity index (χ4v) is 4.33. The highest BCUT2D eigenvalue weighted by Crippen LogP contribution is 2.25. The van der Waals surface area contributed by atoms with Crippen LogP contribution in [0.5, 0.6) is 5.75 Å². The van der Waals surface area contributed by atoms with Gasteiger partial charge in [-0.05, 0) is 47.7 Å². The molecule has 192 valence electrons. The minimum absolute atomic E-state index is 0.145. The fraction of sp³-hybridized carbons (Fsp3) is 0.435. The third kappa shape index (κ3) is 7.31. The Kier molecular flexibility index (Phi) is 8.26. The normalized spacial score (nSPS) is 16.6. The predicted molar refractivity (Wildman–Crippen MR) is 127 cm³/mol. The van der Waals surface area contributed by atoms with E-state index in [0.717, 1.165) is 17.3 Å². The summed E-state index contributed by atoms with van der Waals surface area (Å²) in [6, 6.07) is 5.55. The summed E-state index contributed by atoms with van der Waals surface area (Å²) in [5.74, 6) is 2.35. The van der Waals surface area contributed by atoms with Gasteiger partial charge in [0.05, 0.1) is 11.8 Å². The van der Waals surface area contributed by atoms with Gasteiger partial charge in [-0.2, -0.15) is 0 Å². The van der Waals surface area contributed by atoms with Crippen molar-refractivity contribution in [2.45, 2.75) is 33.2 Å². The van der Waals surface area contributed by atoms with Crippen LogP contribution in [0.25, 0.3) is 0 Å². The van der Waals surface area contributed by atoms with Gasteiger partial charge in [0, 0.05) is 48.2 Å². The van der Waals surface area contributed by atoms with Gasteiger partial charge in [-0.3, -0.25) is 14.4 Å². The molecule has 0 bridgehead atoms. The van der Waals surface area contributed by atoms with Gasteiger partial charge in [-0.25, -0.2) is 13.6 Å². The number of nitrogens with one attached hydrogen (secondary N) is 1. The van der Waals surface area contributed by atoms with Crippen LogP contribution in [-0.2, 0) is 22.7 Å². The van der Waals surface area contributed by atoms with Crippen LogP contribution in [0.1, 0.15) is 35.3 Å². The molecule has 1 N–H and O–H groups in total. The standard InChI is InChI=1S/C23H28F4N4O3S/c1-4-16-12-19(22(32)29-35(3,33)5-2)20(24)13-17(16)15-30-8-10-31(11-9-30)21-7-6-18(14-28-21)34-23(25,26)27/h6-7,12-14H,3-5,8-11,15H2,1-2H3,(H,29,32,33). The van der Waals surface area contributed by atoms with Crippen molar-refractivity contribution >= 4 is 27.3 Å². The number of carbonyl (C=O) groups excluding carboxylic acids is 1. The van der Waals surface area contributed by atoms with Crippen molar-refractivity contribution in [1.29, 1.82) is 0 Å². The van der Waals surface area contributed by atoms with Crippen molar-refractivity contribution in [1.82, 2.24) is 14.6 Å². The number of nitrogens with zero attached hydrogens (tertiary/aromatic N) is 3. The molecule has 1 amide bonds. The van der Waals surface area contributed by atoms with Crippen LogP contribution < -0.4 is 14.4 Å². The first-order chi connectivity index (χ1) is 16.4. The summed E-state index contributed by atoms with van der Waals surface area (Å²) in [5, 5.41) is 0. The predicted octanol–water partition coefficient (Wildman–Crippen LogP) is 3.39. The highest BCUT2D eigenvalue weighted by Gasteiger charge is 2.31. The van der Waals surface area contributed by atoms with E-state index in [0.29, 0.717) is 45.0 Å². The van der Waals surface area contributed by atoms with Gasteiger partial charge in [0.25, 0.3) is 5.91 Å². The molecule has 1 unspecified atom stereocenters. The van der Waals surface area contributed by atoms with E-state index in [1.54, 1.807) is 6.92 Å². The van der Waals surface area contributed by atoms with Gasteiger partial charge in [0.15, 0.2) is 0 Å². The molecule has 7 nitrogen and oxygen atoms in total. The topological polar surface area (TPSA) is 74.8 Å². The Hall–Kier alpha value is -2.86. The van der Waals surface area contributed by atoms with E-state index in [2.05, 4.69) is 25.2 Å². The van der Waals surface area contributed by atoms with Crippen molar-refractivity contribution in [2.75, 3.05) is 36.8 Å². The lowest BCUT2D eigenvalue weighted by atomic mass is 10.00. The number of alkyl halides is 3. The second-order valence-corrected chi connectivity index (χ2v) is 10.6. The van der Waals surface area contributed by atoms with Gasteiger partial charge in [0.2, 0.25) is 0 Å². The maximum absolute atomic E-state index is 14.8. The number of pyridine rings is 1. The number of benzene rings is 1. The van der Waals surface area contributed by atoms with Gasteiger partial charge < -0.3 is 9.64 Å². The molecule has 2 aromatic rings. The zero-order chi connectivity index (χ0) is 25.8. The maximum Gasteiger partial charge on any atom is 0.573 e. The zero-order valence-electron chi connectivity index (χ0n) is 19.5. The number of aromatic nitrogens is 1. The number of halogens is 4. The molecule has 1 aromatic heterocycles. The van der Waals surface area contributed by atoms with Crippen LogP contribution >= 0.6 is 0 Å². The molecule has 0 spiro atoms. The number of anilines is 1. The molecular weight excluding hydrogens is 488 g/mol. The third-order valence-electron chi connectivity index (χ3n) is 5.70. The lowest BCUT2D eigenvalue weighted by molar-refractivity contribution is -0.274. The van der Waals surface area contributed by atoms with Gasteiger partial charge in [-0.1, -0.05) is 13.8 Å². The number of ether oxygens (including phenoxy) is 1. The van der Waals surface area contributed by atoms with E-state index >= 15 is 0 Å². The Morgan fingerprint density at radius 2 is 1.86 bits per heavy atom. The first-order valence-electron chi connectivity index (χ1n) is 11.1. The summed E-state index contributed by atoms with van der Waals surface area (Å²) in [6.45, 7) is 6.45. The molecule has 0 saturated carbocycles. The smallest absolute Gasteiger partial charge is 0.404 e. The molecular formula is C23H28F4N4O3S. The molecule has 0 aliphatic carbocycles. The van der Waals surface area contributed by atoms with Crippen LogP contribution in [0.2, 0.25) is 0 Å². The number of hydrogen-bond donors (Lipinski definition) is 1. The number of aryl methyl sites for hydroxylation is 1. The van der Waals surface area contributed by atoms with Crippen molar-refractivity contribution in [3.8, 4) is 5.75 Å². The van der Waals surface area contributed by atoms with Crippen LogP contribution in [0.3, 0.4) is 0 Å². The van der Waals surface area contributed by atoms with E-state index in [9.17, 15) is 26.6 Å². The Bertz CT molecular complexity index is 1150. The largest absolute Gasteiger partial charge is 0.573 e. The first kappa shape index (κ1) is 26.7. The molecule has 1 fully saturated rings. The highest BCUT2D eigenvalue weighted by atomic mass is 32.2. The molecule has 1 aliphatic rings.